The van der Waals surface area contributed by atoms with Gasteiger partial charge in [-0.1, -0.05) is 6.92 Å². The second kappa shape index (κ2) is 5.62. The second-order valence-electron chi connectivity index (χ2n) is 5.31. The van der Waals surface area contributed by atoms with Gasteiger partial charge in [-0.2, -0.15) is 0 Å². The average molecular weight is 280 g/mol. The van der Waals surface area contributed by atoms with E-state index in [1.807, 2.05) is 0 Å². The quantitative estimate of drug-likeness (QED) is 0.663. The lowest BCUT2D eigenvalue weighted by molar-refractivity contribution is -0.391. The fraction of sp³-hybridized carbons (Fsp3) is 0.615. The Kier molecular flexibility index (Phi) is 4.08. The Balaban J connectivity index is 2.28. The molecular weight excluding hydrogens is 260 g/mol. The van der Waals surface area contributed by atoms with Gasteiger partial charge in [-0.3, -0.25) is 4.79 Å². The van der Waals surface area contributed by atoms with Crippen molar-refractivity contribution in [2.24, 2.45) is 18.7 Å². The lowest BCUT2D eigenvalue weighted by Gasteiger charge is -2.39. The molecule has 0 bridgehead atoms. The first-order chi connectivity index (χ1) is 9.47. The van der Waals surface area contributed by atoms with Gasteiger partial charge < -0.3 is 20.7 Å². The summed E-state index contributed by atoms with van der Waals surface area (Å²) < 4.78 is 1.33. The zero-order valence-electron chi connectivity index (χ0n) is 11.8. The molecule has 1 saturated heterocycles. The van der Waals surface area contributed by atoms with Crippen LogP contribution in [0.2, 0.25) is 0 Å². The lowest BCUT2D eigenvalue weighted by Crippen LogP contribution is -2.51. The van der Waals surface area contributed by atoms with Gasteiger partial charge in [0, 0.05) is 25.2 Å². The minimum atomic E-state index is -0.490. The highest BCUT2D eigenvalue weighted by Gasteiger charge is 2.34. The van der Waals surface area contributed by atoms with Gasteiger partial charge in [-0.15, -0.1) is 0 Å². The SMILES string of the molecule is CC1CCCN(C(=O)c2ccc([N+](=O)[O-])n2C)C1CN. The zero-order valence-corrected chi connectivity index (χ0v) is 11.8. The van der Waals surface area contributed by atoms with Gasteiger partial charge in [-0.25, -0.2) is 4.57 Å². The maximum Gasteiger partial charge on any atom is 0.323 e. The minimum absolute atomic E-state index is 0.00482. The highest BCUT2D eigenvalue weighted by molar-refractivity contribution is 5.93. The predicted octanol–water partition coefficient (Wildman–Crippen LogP) is 1.13. The van der Waals surface area contributed by atoms with E-state index in [0.717, 1.165) is 12.8 Å². The van der Waals surface area contributed by atoms with Crippen LogP contribution in [0.15, 0.2) is 12.1 Å². The molecule has 7 nitrogen and oxygen atoms in total. The third kappa shape index (κ3) is 2.40. The van der Waals surface area contributed by atoms with Crippen molar-refractivity contribution >= 4 is 11.7 Å². The van der Waals surface area contributed by atoms with E-state index in [4.69, 9.17) is 5.73 Å². The van der Waals surface area contributed by atoms with E-state index in [-0.39, 0.29) is 17.8 Å². The molecule has 1 amide bonds. The van der Waals surface area contributed by atoms with E-state index >= 15 is 0 Å². The molecular formula is C13H20N4O3. The number of likely N-dealkylation sites (tertiary alicyclic amines) is 1. The smallest absolute Gasteiger partial charge is 0.323 e. The molecule has 110 valence electrons. The van der Waals surface area contributed by atoms with Crippen LogP contribution in [-0.2, 0) is 7.05 Å². The van der Waals surface area contributed by atoms with Gasteiger partial charge in [0.2, 0.25) is 0 Å². The third-order valence-corrected chi connectivity index (χ3v) is 4.12. The Morgan fingerprint density at radius 2 is 2.25 bits per heavy atom. The average Bonchev–Trinajstić information content (AvgIpc) is 2.79. The first-order valence-corrected chi connectivity index (χ1v) is 6.78. The number of aromatic nitrogens is 1. The lowest BCUT2D eigenvalue weighted by atomic mass is 9.90. The number of amides is 1. The molecule has 2 N–H and O–H groups in total. The molecule has 0 aliphatic carbocycles. The molecule has 2 atom stereocenters. The molecule has 0 spiro atoms. The van der Waals surface area contributed by atoms with Crippen LogP contribution in [0.5, 0.6) is 0 Å². The van der Waals surface area contributed by atoms with Crippen molar-refractivity contribution in [2.45, 2.75) is 25.8 Å². The van der Waals surface area contributed by atoms with Crippen molar-refractivity contribution in [2.75, 3.05) is 13.1 Å². The predicted molar refractivity (Wildman–Crippen MR) is 74.3 cm³/mol. The highest BCUT2D eigenvalue weighted by atomic mass is 16.6. The Hall–Kier alpha value is -1.89. The summed E-state index contributed by atoms with van der Waals surface area (Å²) in [4.78, 5) is 24.7. The van der Waals surface area contributed by atoms with Gasteiger partial charge in [-0.05, 0) is 29.7 Å². The van der Waals surface area contributed by atoms with E-state index in [1.165, 1.54) is 23.7 Å². The number of piperidine rings is 1. The van der Waals surface area contributed by atoms with Crippen molar-refractivity contribution in [1.29, 1.82) is 0 Å². The summed E-state index contributed by atoms with van der Waals surface area (Å²) in [5.74, 6) is 0.0956. The number of hydrogen-bond donors (Lipinski definition) is 1. The fourth-order valence-corrected chi connectivity index (χ4v) is 2.91. The number of rotatable bonds is 3. The van der Waals surface area contributed by atoms with Gasteiger partial charge in [0.1, 0.15) is 0 Å². The van der Waals surface area contributed by atoms with Crippen LogP contribution in [0.3, 0.4) is 0 Å². The number of carbonyl (C=O) groups is 1. The number of nitrogens with zero attached hydrogens (tertiary/aromatic N) is 3. The number of carbonyl (C=O) groups excluding carboxylic acids is 1. The first-order valence-electron chi connectivity index (χ1n) is 6.78. The number of nitrogens with two attached hydrogens (primary N) is 1. The molecule has 1 fully saturated rings. The van der Waals surface area contributed by atoms with Crippen LogP contribution < -0.4 is 5.73 Å². The Bertz CT molecular complexity index is 526. The summed E-state index contributed by atoms with van der Waals surface area (Å²) in [7, 11) is 1.54. The highest BCUT2D eigenvalue weighted by Crippen LogP contribution is 2.25. The maximum absolute atomic E-state index is 12.6. The minimum Gasteiger partial charge on any atom is -0.358 e. The molecule has 20 heavy (non-hydrogen) atoms. The Labute approximate surface area is 117 Å². The second-order valence-corrected chi connectivity index (χ2v) is 5.31. The maximum atomic E-state index is 12.6. The van der Waals surface area contributed by atoms with Crippen molar-refractivity contribution in [1.82, 2.24) is 9.47 Å². The molecule has 2 heterocycles. The van der Waals surface area contributed by atoms with E-state index in [0.29, 0.717) is 24.7 Å². The van der Waals surface area contributed by atoms with Gasteiger partial charge in [0.25, 0.3) is 5.91 Å². The zero-order chi connectivity index (χ0) is 14.9. The molecule has 1 aliphatic rings. The van der Waals surface area contributed by atoms with Gasteiger partial charge in [0.05, 0.1) is 7.05 Å². The summed E-state index contributed by atoms with van der Waals surface area (Å²) in [6, 6.07) is 2.87. The van der Waals surface area contributed by atoms with Crippen molar-refractivity contribution < 1.29 is 9.72 Å². The molecule has 2 rings (SSSR count). The summed E-state index contributed by atoms with van der Waals surface area (Å²) in [5, 5.41) is 10.8. The van der Waals surface area contributed by atoms with E-state index in [9.17, 15) is 14.9 Å². The van der Waals surface area contributed by atoms with Crippen LogP contribution in [-0.4, -0.2) is 39.4 Å². The topological polar surface area (TPSA) is 94.4 Å². The summed E-state index contributed by atoms with van der Waals surface area (Å²) >= 11 is 0. The first kappa shape index (κ1) is 14.5. The molecule has 0 aromatic carbocycles. The standard InChI is InChI=1S/C13H20N4O3/c1-9-4-3-7-16(11(9)8-14)13(18)10-5-6-12(15(10)2)17(19)20/h5-6,9,11H,3-4,7-8,14H2,1-2H3. The number of hydrogen-bond acceptors (Lipinski definition) is 4. The van der Waals surface area contributed by atoms with Crippen molar-refractivity contribution in [3.8, 4) is 0 Å². The van der Waals surface area contributed by atoms with Crippen molar-refractivity contribution in [3.63, 3.8) is 0 Å². The van der Waals surface area contributed by atoms with Crippen LogP contribution in [0, 0.1) is 16.0 Å². The van der Waals surface area contributed by atoms with Crippen LogP contribution >= 0.6 is 0 Å². The van der Waals surface area contributed by atoms with Crippen LogP contribution in [0.25, 0.3) is 0 Å². The Morgan fingerprint density at radius 3 is 2.80 bits per heavy atom. The van der Waals surface area contributed by atoms with Crippen molar-refractivity contribution in [3.05, 3.63) is 27.9 Å². The van der Waals surface area contributed by atoms with Gasteiger partial charge >= 0.3 is 5.82 Å². The monoisotopic (exact) mass is 280 g/mol. The van der Waals surface area contributed by atoms with Gasteiger partial charge in [0.15, 0.2) is 5.69 Å². The molecule has 7 heteroatoms. The van der Waals surface area contributed by atoms with E-state index < -0.39 is 4.92 Å². The molecule has 0 radical (unpaired) electrons. The summed E-state index contributed by atoms with van der Waals surface area (Å²) in [5.41, 5.74) is 6.12. The third-order valence-electron chi connectivity index (χ3n) is 4.12. The molecule has 1 aromatic rings. The Morgan fingerprint density at radius 1 is 1.55 bits per heavy atom. The van der Waals surface area contributed by atoms with Crippen LogP contribution in [0.1, 0.15) is 30.3 Å². The largest absolute Gasteiger partial charge is 0.358 e. The summed E-state index contributed by atoms with van der Waals surface area (Å²) in [6.07, 6.45) is 1.99. The fourth-order valence-electron chi connectivity index (χ4n) is 2.91. The molecule has 2 unspecified atom stereocenters. The number of nitro groups is 1. The molecule has 1 aliphatic heterocycles. The molecule has 0 saturated carbocycles. The van der Waals surface area contributed by atoms with Crippen LogP contribution in [0.4, 0.5) is 5.82 Å². The molecule has 1 aromatic heterocycles. The van der Waals surface area contributed by atoms with E-state index in [1.54, 1.807) is 4.90 Å². The summed E-state index contributed by atoms with van der Waals surface area (Å²) in [6.45, 7) is 3.16. The normalized spacial score (nSPS) is 22.9. The van der Waals surface area contributed by atoms with E-state index in [2.05, 4.69) is 6.92 Å².